The van der Waals surface area contributed by atoms with Gasteiger partial charge in [-0.15, -0.1) is 11.3 Å². The van der Waals surface area contributed by atoms with Crippen molar-refractivity contribution >= 4 is 17.4 Å². The van der Waals surface area contributed by atoms with E-state index in [1.807, 2.05) is 29.3 Å². The van der Waals surface area contributed by atoms with Gasteiger partial charge < -0.3 is 20.1 Å². The van der Waals surface area contributed by atoms with Crippen molar-refractivity contribution in [3.05, 3.63) is 22.4 Å². The number of amides is 2. The maximum absolute atomic E-state index is 11.7. The molecule has 6 nitrogen and oxygen atoms in total. The van der Waals surface area contributed by atoms with Crippen molar-refractivity contribution in [2.45, 2.75) is 19.6 Å². The van der Waals surface area contributed by atoms with Gasteiger partial charge in [0.15, 0.2) is 0 Å². The van der Waals surface area contributed by atoms with E-state index in [1.54, 1.807) is 11.3 Å². The molecule has 22 heavy (non-hydrogen) atoms. The zero-order chi connectivity index (χ0) is 15.8. The topological polar surface area (TPSA) is 65.0 Å². The molecule has 0 aromatic carbocycles. The predicted molar refractivity (Wildman–Crippen MR) is 87.1 cm³/mol. The Morgan fingerprint density at radius 1 is 1.45 bits per heavy atom. The smallest absolute Gasteiger partial charge is 0.317 e. The molecule has 7 heteroatoms. The van der Waals surface area contributed by atoms with E-state index in [-0.39, 0.29) is 6.03 Å². The van der Waals surface area contributed by atoms with E-state index in [9.17, 15) is 9.90 Å². The number of hydrogen-bond donors (Lipinski definition) is 2. The van der Waals surface area contributed by atoms with Crippen LogP contribution in [0, 0.1) is 0 Å². The molecule has 0 spiro atoms. The Bertz CT molecular complexity index is 433. The number of aliphatic hydroxyl groups is 1. The molecule has 2 heterocycles. The lowest BCUT2D eigenvalue weighted by Gasteiger charge is -2.35. The highest BCUT2D eigenvalue weighted by Gasteiger charge is 2.22. The second-order valence-corrected chi connectivity index (χ2v) is 6.40. The molecule has 1 aromatic heterocycles. The number of thiophene rings is 1. The van der Waals surface area contributed by atoms with E-state index in [1.165, 1.54) is 4.88 Å². The number of aliphatic hydroxyl groups excluding tert-OH is 1. The number of carbonyl (C=O) groups excluding carboxylic acids is 1. The number of carbonyl (C=O) groups is 1. The zero-order valence-corrected chi connectivity index (χ0v) is 13.8. The molecule has 2 rings (SSSR count). The summed E-state index contributed by atoms with van der Waals surface area (Å²) in [5, 5.41) is 14.9. The number of urea groups is 1. The fourth-order valence-corrected chi connectivity index (χ4v) is 3.08. The van der Waals surface area contributed by atoms with Gasteiger partial charge in [0.1, 0.15) is 0 Å². The van der Waals surface area contributed by atoms with Crippen molar-refractivity contribution in [3.63, 3.8) is 0 Å². The number of ether oxygens (including phenoxy) is 1. The molecule has 124 valence electrons. The average Bonchev–Trinajstić information content (AvgIpc) is 3.01. The second kappa shape index (κ2) is 9.09. The summed E-state index contributed by atoms with van der Waals surface area (Å²) in [4.78, 5) is 16.9. The molecule has 1 saturated heterocycles. The molecule has 0 aliphatic carbocycles. The Balaban J connectivity index is 1.60. The van der Waals surface area contributed by atoms with Crippen LogP contribution in [0.4, 0.5) is 4.79 Å². The van der Waals surface area contributed by atoms with Crippen LogP contribution in [-0.4, -0.2) is 72.9 Å². The Morgan fingerprint density at radius 3 is 2.86 bits per heavy atom. The number of β-amino-alcohol motifs (C(OH)–C–C–N with tert-alkyl or cyclic N) is 1. The van der Waals surface area contributed by atoms with Crippen LogP contribution in [0.2, 0.25) is 0 Å². The summed E-state index contributed by atoms with van der Waals surface area (Å²) in [5.74, 6) is 0. The van der Waals surface area contributed by atoms with Crippen molar-refractivity contribution in [1.29, 1.82) is 0 Å². The van der Waals surface area contributed by atoms with E-state index >= 15 is 0 Å². The summed E-state index contributed by atoms with van der Waals surface area (Å²) < 4.78 is 5.53. The second-order valence-electron chi connectivity index (χ2n) is 5.37. The molecule has 1 fully saturated rings. The van der Waals surface area contributed by atoms with Gasteiger partial charge in [-0.1, -0.05) is 6.07 Å². The third-order valence-corrected chi connectivity index (χ3v) is 4.44. The molecule has 0 bridgehead atoms. The Morgan fingerprint density at radius 2 is 2.23 bits per heavy atom. The van der Waals surface area contributed by atoms with Crippen LogP contribution in [0.25, 0.3) is 0 Å². The molecule has 2 amide bonds. The SMILES string of the molecule is CCNC(=O)N1CCN(C[C@H](O)COCc2cccs2)CC1. The lowest BCUT2D eigenvalue weighted by Crippen LogP contribution is -2.53. The van der Waals surface area contributed by atoms with E-state index in [0.29, 0.717) is 39.4 Å². The maximum Gasteiger partial charge on any atom is 0.317 e. The third kappa shape index (κ3) is 5.57. The van der Waals surface area contributed by atoms with Gasteiger partial charge in [0, 0.05) is 44.1 Å². The highest BCUT2D eigenvalue weighted by atomic mass is 32.1. The van der Waals surface area contributed by atoms with Crippen LogP contribution in [-0.2, 0) is 11.3 Å². The Kier molecular flexibility index (Phi) is 7.11. The summed E-state index contributed by atoms with van der Waals surface area (Å²) in [6.45, 7) is 7.04. The maximum atomic E-state index is 11.7. The Hall–Kier alpha value is -1.15. The number of nitrogens with zero attached hydrogens (tertiary/aromatic N) is 2. The van der Waals surface area contributed by atoms with E-state index in [0.717, 1.165) is 13.1 Å². The molecule has 2 N–H and O–H groups in total. The number of nitrogens with one attached hydrogen (secondary N) is 1. The van der Waals surface area contributed by atoms with Crippen LogP contribution in [0.5, 0.6) is 0 Å². The fraction of sp³-hybridized carbons (Fsp3) is 0.667. The van der Waals surface area contributed by atoms with Crippen LogP contribution in [0.1, 0.15) is 11.8 Å². The van der Waals surface area contributed by atoms with Gasteiger partial charge in [0.05, 0.1) is 19.3 Å². The van der Waals surface area contributed by atoms with Crippen molar-refractivity contribution < 1.29 is 14.6 Å². The number of rotatable bonds is 7. The third-order valence-electron chi connectivity index (χ3n) is 3.59. The lowest BCUT2D eigenvalue weighted by atomic mass is 10.2. The number of hydrogen-bond acceptors (Lipinski definition) is 5. The minimum absolute atomic E-state index is 0.00183. The molecular formula is C15H25N3O3S. The van der Waals surface area contributed by atoms with Gasteiger partial charge >= 0.3 is 6.03 Å². The first-order chi connectivity index (χ1) is 10.7. The molecule has 1 atom stereocenters. The van der Waals surface area contributed by atoms with Gasteiger partial charge in [0.25, 0.3) is 0 Å². The van der Waals surface area contributed by atoms with Gasteiger partial charge in [-0.25, -0.2) is 4.79 Å². The minimum Gasteiger partial charge on any atom is -0.389 e. The molecule has 1 aliphatic heterocycles. The molecule has 1 aliphatic rings. The van der Waals surface area contributed by atoms with Crippen molar-refractivity contribution in [2.24, 2.45) is 0 Å². The largest absolute Gasteiger partial charge is 0.389 e. The standard InChI is InChI=1S/C15H25N3O3S/c1-2-16-15(20)18-7-5-17(6-8-18)10-13(19)11-21-12-14-4-3-9-22-14/h3-4,9,13,19H,2,5-8,10-12H2,1H3,(H,16,20)/t13-/m0/s1. The summed E-state index contributed by atoms with van der Waals surface area (Å²) in [6, 6.07) is 4.02. The van der Waals surface area contributed by atoms with E-state index < -0.39 is 6.10 Å². The van der Waals surface area contributed by atoms with Crippen LogP contribution >= 0.6 is 11.3 Å². The first-order valence-electron chi connectivity index (χ1n) is 7.72. The van der Waals surface area contributed by atoms with Gasteiger partial charge in [-0.2, -0.15) is 0 Å². The van der Waals surface area contributed by atoms with Gasteiger partial charge in [-0.3, -0.25) is 4.90 Å². The summed E-state index contributed by atoms with van der Waals surface area (Å²) in [7, 11) is 0. The first kappa shape index (κ1) is 17.2. The van der Waals surface area contributed by atoms with Crippen molar-refractivity contribution in [1.82, 2.24) is 15.1 Å². The molecule has 0 radical (unpaired) electrons. The summed E-state index contributed by atoms with van der Waals surface area (Å²) in [5.41, 5.74) is 0. The average molecular weight is 327 g/mol. The van der Waals surface area contributed by atoms with Crippen molar-refractivity contribution in [2.75, 3.05) is 45.9 Å². The van der Waals surface area contributed by atoms with Gasteiger partial charge in [0.2, 0.25) is 0 Å². The summed E-state index contributed by atoms with van der Waals surface area (Å²) in [6.07, 6.45) is -0.490. The van der Waals surface area contributed by atoms with Crippen LogP contribution < -0.4 is 5.32 Å². The Labute approximate surface area is 135 Å². The quantitative estimate of drug-likeness (QED) is 0.783. The molecule has 0 saturated carbocycles. The van der Waals surface area contributed by atoms with Crippen LogP contribution in [0.15, 0.2) is 17.5 Å². The number of piperazine rings is 1. The fourth-order valence-electron chi connectivity index (χ4n) is 2.44. The van der Waals surface area contributed by atoms with Gasteiger partial charge in [-0.05, 0) is 18.4 Å². The van der Waals surface area contributed by atoms with E-state index in [4.69, 9.17) is 4.74 Å². The zero-order valence-electron chi connectivity index (χ0n) is 13.0. The monoisotopic (exact) mass is 327 g/mol. The lowest BCUT2D eigenvalue weighted by molar-refractivity contribution is 0.00442. The highest BCUT2D eigenvalue weighted by molar-refractivity contribution is 7.09. The minimum atomic E-state index is -0.490. The molecule has 1 aromatic rings. The van der Waals surface area contributed by atoms with E-state index in [2.05, 4.69) is 10.2 Å². The predicted octanol–water partition coefficient (Wildman–Crippen LogP) is 0.973. The normalized spacial score (nSPS) is 17.5. The van der Waals surface area contributed by atoms with Crippen LogP contribution in [0.3, 0.4) is 0 Å². The first-order valence-corrected chi connectivity index (χ1v) is 8.60. The molecular weight excluding hydrogens is 302 g/mol. The highest BCUT2D eigenvalue weighted by Crippen LogP contribution is 2.10. The van der Waals surface area contributed by atoms with Crippen molar-refractivity contribution in [3.8, 4) is 0 Å². The molecule has 0 unspecified atom stereocenters. The summed E-state index contributed by atoms with van der Waals surface area (Å²) >= 11 is 1.66.